The average molecular weight is 651 g/mol. The van der Waals surface area contributed by atoms with E-state index in [4.69, 9.17) is 14.2 Å². The van der Waals surface area contributed by atoms with E-state index in [9.17, 15) is 18.0 Å². The smallest absolute Gasteiger partial charge is 0.434 e. The minimum Gasteiger partial charge on any atom is -0.434 e. The summed E-state index contributed by atoms with van der Waals surface area (Å²) in [5.41, 5.74) is 0.955. The van der Waals surface area contributed by atoms with Gasteiger partial charge in [0.1, 0.15) is 6.61 Å². The number of fused-ring (bicyclic) bond motifs is 2. The number of hydrogen-bond acceptors (Lipinski definition) is 7. The van der Waals surface area contributed by atoms with Gasteiger partial charge in [0.15, 0.2) is 0 Å². The van der Waals surface area contributed by atoms with E-state index in [1.54, 1.807) is 6.07 Å². The van der Waals surface area contributed by atoms with E-state index in [-0.39, 0.29) is 12.7 Å². The summed E-state index contributed by atoms with van der Waals surface area (Å²) in [7, 11) is 0. The molecule has 0 radical (unpaired) electrons. The zero-order valence-corrected chi connectivity index (χ0v) is 27.4. The molecule has 0 saturated carbocycles. The van der Waals surface area contributed by atoms with Crippen LogP contribution in [0.25, 0.3) is 0 Å². The second kappa shape index (κ2) is 18.6. The Morgan fingerprint density at radius 3 is 2.20 bits per heavy atom. The molecule has 4 rings (SSSR count). The number of carbonyl (C=O) groups excluding carboxylic acids is 1. The lowest BCUT2D eigenvalue weighted by atomic mass is 10.1. The van der Waals surface area contributed by atoms with Gasteiger partial charge in [-0.3, -0.25) is 0 Å². The molecule has 0 aromatic heterocycles. The zero-order valence-electron chi connectivity index (χ0n) is 26.6. The number of alkyl halides is 3. The number of anilines is 2. The Morgan fingerprint density at radius 1 is 0.800 bits per heavy atom. The van der Waals surface area contributed by atoms with Crippen LogP contribution in [0.1, 0.15) is 89.5 Å². The van der Waals surface area contributed by atoms with Crippen molar-refractivity contribution < 1.29 is 32.2 Å². The van der Waals surface area contributed by atoms with Gasteiger partial charge in [0.25, 0.3) is 0 Å². The lowest BCUT2D eigenvalue weighted by Gasteiger charge is -2.35. The molecule has 0 amide bonds. The van der Waals surface area contributed by atoms with Crippen LogP contribution >= 0.6 is 11.8 Å². The van der Waals surface area contributed by atoms with Gasteiger partial charge in [-0.05, 0) is 62.6 Å². The van der Waals surface area contributed by atoms with Crippen LogP contribution in [0.5, 0.6) is 0 Å². The van der Waals surface area contributed by atoms with Crippen LogP contribution in [0.4, 0.5) is 29.3 Å². The summed E-state index contributed by atoms with van der Waals surface area (Å²) >= 11 is 1.52. The van der Waals surface area contributed by atoms with Crippen molar-refractivity contribution in [2.45, 2.75) is 106 Å². The van der Waals surface area contributed by atoms with Crippen LogP contribution in [-0.4, -0.2) is 63.2 Å². The fraction of sp³-hybridized carbons (Fsp3) is 0.629. The fourth-order valence-corrected chi connectivity index (χ4v) is 7.02. The summed E-state index contributed by atoms with van der Waals surface area (Å²) in [6, 6.07) is 11.9. The molecule has 0 aliphatic carbocycles. The largest absolute Gasteiger partial charge is 0.508 e. The molecule has 1 saturated heterocycles. The average Bonchev–Trinajstić information content (AvgIpc) is 3.03. The second-order valence-corrected chi connectivity index (χ2v) is 13.0. The Balaban J connectivity index is 1.07. The van der Waals surface area contributed by atoms with Crippen molar-refractivity contribution in [1.82, 2.24) is 4.90 Å². The first-order chi connectivity index (χ1) is 21.8. The topological polar surface area (TPSA) is 51.2 Å². The van der Waals surface area contributed by atoms with Gasteiger partial charge in [0, 0.05) is 29.4 Å². The first-order valence-electron chi connectivity index (χ1n) is 16.7. The number of hydrogen-bond donors (Lipinski definition) is 0. The number of rotatable bonds is 18. The third-order valence-corrected chi connectivity index (χ3v) is 9.60. The van der Waals surface area contributed by atoms with E-state index < -0.39 is 17.9 Å². The molecule has 2 aliphatic heterocycles. The lowest BCUT2D eigenvalue weighted by molar-refractivity contribution is -0.137. The maximum atomic E-state index is 13.5. The third-order valence-electron chi connectivity index (χ3n) is 8.47. The first kappa shape index (κ1) is 35.4. The highest BCUT2D eigenvalue weighted by atomic mass is 32.2. The normalized spacial score (nSPS) is 15.5. The molecule has 2 aromatic carbocycles. The predicted molar refractivity (Wildman–Crippen MR) is 174 cm³/mol. The zero-order chi connectivity index (χ0) is 31.9. The number of benzene rings is 2. The quantitative estimate of drug-likeness (QED) is 0.118. The molecule has 0 unspecified atom stereocenters. The van der Waals surface area contributed by atoms with Crippen molar-refractivity contribution in [2.24, 2.45) is 0 Å². The Morgan fingerprint density at radius 2 is 1.47 bits per heavy atom. The number of unbranched alkanes of at least 4 members (excludes halogenated alkanes) is 8. The third kappa shape index (κ3) is 11.7. The summed E-state index contributed by atoms with van der Waals surface area (Å²) < 4.78 is 56.7. The number of halogens is 3. The summed E-state index contributed by atoms with van der Waals surface area (Å²) in [4.78, 5) is 18.1. The predicted octanol–water partition coefficient (Wildman–Crippen LogP) is 9.86. The van der Waals surface area contributed by atoms with Crippen LogP contribution in [0.2, 0.25) is 0 Å². The Hall–Kier alpha value is -2.43. The van der Waals surface area contributed by atoms with E-state index in [1.165, 1.54) is 68.8 Å². The standard InChI is InChI=1S/C35H49F3N2O4S/c1-2-3-4-5-6-7-8-9-12-24-43-34(41)44-26-25-42-29-18-22-39(23-19-29)20-13-21-40-30-14-10-11-15-32(30)45-33-17-16-28(27-31(33)40)35(36,37)38/h10-11,14-17,27,29H,2-9,12-13,18-26H2,1H3. The monoisotopic (exact) mass is 650 g/mol. The van der Waals surface area contributed by atoms with Gasteiger partial charge in [-0.25, -0.2) is 4.79 Å². The number of likely N-dealkylation sites (tertiary alicyclic amines) is 1. The molecule has 250 valence electrons. The van der Waals surface area contributed by atoms with Gasteiger partial charge >= 0.3 is 12.3 Å². The molecule has 1 fully saturated rings. The molecule has 2 aromatic rings. The minimum absolute atomic E-state index is 0.126. The minimum atomic E-state index is -4.38. The van der Waals surface area contributed by atoms with Crippen LogP contribution < -0.4 is 4.90 Å². The van der Waals surface area contributed by atoms with E-state index in [2.05, 4.69) is 11.8 Å². The Labute approximate surface area is 271 Å². The molecule has 2 aliphatic rings. The molecule has 10 heteroatoms. The fourth-order valence-electron chi connectivity index (χ4n) is 5.95. The van der Waals surface area contributed by atoms with Gasteiger partial charge in [-0.1, -0.05) is 82.2 Å². The van der Waals surface area contributed by atoms with Crippen molar-refractivity contribution in [3.05, 3.63) is 48.0 Å². The highest BCUT2D eigenvalue weighted by Gasteiger charge is 2.33. The van der Waals surface area contributed by atoms with Crippen molar-refractivity contribution in [3.8, 4) is 0 Å². The molecule has 45 heavy (non-hydrogen) atoms. The van der Waals surface area contributed by atoms with Gasteiger partial charge in [-0.15, -0.1) is 0 Å². The number of para-hydroxylation sites is 1. The summed E-state index contributed by atoms with van der Waals surface area (Å²) in [6.07, 6.45) is 8.67. The van der Waals surface area contributed by atoms with Gasteiger partial charge in [0.2, 0.25) is 0 Å². The van der Waals surface area contributed by atoms with Gasteiger partial charge < -0.3 is 24.0 Å². The molecule has 0 atom stereocenters. The van der Waals surface area contributed by atoms with Crippen LogP contribution in [-0.2, 0) is 20.4 Å². The molecular weight excluding hydrogens is 601 g/mol. The molecular formula is C35H49F3N2O4S. The summed E-state index contributed by atoms with van der Waals surface area (Å²) in [5, 5.41) is 0. The number of carbonyl (C=O) groups is 1. The maximum Gasteiger partial charge on any atom is 0.508 e. The van der Waals surface area contributed by atoms with Crippen LogP contribution in [0.15, 0.2) is 52.3 Å². The van der Waals surface area contributed by atoms with Gasteiger partial charge in [0.05, 0.1) is 36.3 Å². The molecule has 0 spiro atoms. The van der Waals surface area contributed by atoms with E-state index in [0.717, 1.165) is 67.2 Å². The van der Waals surface area contributed by atoms with Crippen molar-refractivity contribution >= 4 is 29.3 Å². The summed E-state index contributed by atoms with van der Waals surface area (Å²) in [6.45, 7) is 6.45. The van der Waals surface area contributed by atoms with Crippen molar-refractivity contribution in [1.29, 1.82) is 0 Å². The summed E-state index contributed by atoms with van der Waals surface area (Å²) in [5.74, 6) is 0. The molecule has 6 nitrogen and oxygen atoms in total. The van der Waals surface area contributed by atoms with E-state index in [0.29, 0.717) is 25.4 Å². The van der Waals surface area contributed by atoms with Crippen LogP contribution in [0, 0.1) is 0 Å². The molecule has 0 bridgehead atoms. The van der Waals surface area contributed by atoms with Crippen LogP contribution in [0.3, 0.4) is 0 Å². The number of ether oxygens (including phenoxy) is 3. The van der Waals surface area contributed by atoms with E-state index in [1.807, 2.05) is 29.2 Å². The molecule has 0 N–H and O–H groups in total. The Kier molecular flexibility index (Phi) is 14.7. The lowest BCUT2D eigenvalue weighted by Crippen LogP contribution is -2.38. The highest BCUT2D eigenvalue weighted by Crippen LogP contribution is 2.49. The van der Waals surface area contributed by atoms with Gasteiger partial charge in [-0.2, -0.15) is 13.2 Å². The van der Waals surface area contributed by atoms with Crippen molar-refractivity contribution in [3.63, 3.8) is 0 Å². The number of nitrogens with zero attached hydrogens (tertiary/aromatic N) is 2. The Bertz CT molecular complexity index is 1170. The number of piperidine rings is 1. The first-order valence-corrected chi connectivity index (χ1v) is 17.6. The second-order valence-electron chi connectivity index (χ2n) is 11.9. The SMILES string of the molecule is CCCCCCCCCCCOC(=O)OCCOC1CCN(CCCN2c3ccccc3Sc3ccc(C(F)(F)F)cc32)CC1. The maximum absolute atomic E-state index is 13.5. The van der Waals surface area contributed by atoms with Crippen molar-refractivity contribution in [2.75, 3.05) is 50.9 Å². The highest BCUT2D eigenvalue weighted by molar-refractivity contribution is 7.99. The molecule has 2 heterocycles. The van der Waals surface area contributed by atoms with E-state index >= 15 is 0 Å².